The van der Waals surface area contributed by atoms with E-state index in [-0.39, 0.29) is 15.4 Å². The van der Waals surface area contributed by atoms with Gasteiger partial charge in [0.25, 0.3) is 0 Å². The highest BCUT2D eigenvalue weighted by molar-refractivity contribution is 8.18. The lowest BCUT2D eigenvalue weighted by Crippen LogP contribution is -2.55. The van der Waals surface area contributed by atoms with E-state index in [0.29, 0.717) is 19.3 Å². The van der Waals surface area contributed by atoms with Crippen molar-refractivity contribution >= 4 is 33.6 Å². The number of ether oxygens (including phenoxy) is 2. The topological polar surface area (TPSA) is 82.1 Å². The van der Waals surface area contributed by atoms with Gasteiger partial charge in [-0.1, -0.05) is 24.6 Å². The van der Waals surface area contributed by atoms with E-state index in [1.54, 1.807) is 42.6 Å². The monoisotopic (exact) mass is 476 g/mol. The quantitative estimate of drug-likeness (QED) is 0.516. The van der Waals surface area contributed by atoms with Crippen LogP contribution in [-0.2, 0) is 23.8 Å². The molecule has 1 aromatic rings. The van der Waals surface area contributed by atoms with Crippen molar-refractivity contribution in [2.24, 2.45) is 0 Å². The summed E-state index contributed by atoms with van der Waals surface area (Å²) in [5.41, 5.74) is 0.142. The van der Waals surface area contributed by atoms with Crippen molar-refractivity contribution in [3.8, 4) is 0 Å². The lowest BCUT2D eigenvalue weighted by molar-refractivity contribution is -0.515. The van der Waals surface area contributed by atoms with Crippen LogP contribution in [0.2, 0.25) is 0 Å². The Hall–Kier alpha value is -0.290. The summed E-state index contributed by atoms with van der Waals surface area (Å²) in [5.74, 6) is 0.416. The zero-order valence-electron chi connectivity index (χ0n) is 18.0. The smallest absolute Gasteiger partial charge is 0.302 e. The normalized spacial score (nSPS) is 28.5. The third-order valence-electron chi connectivity index (χ3n) is 5.69. The van der Waals surface area contributed by atoms with Gasteiger partial charge in [-0.05, 0) is 70.1 Å². The minimum Gasteiger partial charge on any atom is -0.388 e. The fourth-order valence-electron chi connectivity index (χ4n) is 3.74. The first kappa shape index (κ1) is 24.4. The second kappa shape index (κ2) is 9.29. The van der Waals surface area contributed by atoms with Crippen LogP contribution < -0.4 is 0 Å². The van der Waals surface area contributed by atoms with Gasteiger partial charge >= 0.3 is 16.1 Å². The van der Waals surface area contributed by atoms with Crippen LogP contribution in [0.5, 0.6) is 0 Å². The first-order chi connectivity index (χ1) is 14.0. The van der Waals surface area contributed by atoms with Crippen molar-refractivity contribution in [2.75, 3.05) is 11.5 Å². The molecular weight excluding hydrogens is 444 g/mol. The van der Waals surface area contributed by atoms with Gasteiger partial charge in [0, 0.05) is 6.42 Å². The van der Waals surface area contributed by atoms with Gasteiger partial charge in [-0.2, -0.15) is 8.42 Å². The third-order valence-corrected chi connectivity index (χ3v) is 10.9. The Kier molecular flexibility index (Phi) is 7.54. The third kappa shape index (κ3) is 5.19. The first-order valence-electron chi connectivity index (χ1n) is 10.4. The number of hydrogen-bond donors (Lipinski definition) is 1. The maximum absolute atomic E-state index is 12.8. The van der Waals surface area contributed by atoms with Crippen molar-refractivity contribution in [3.63, 3.8) is 0 Å². The molecule has 2 fully saturated rings. The molecule has 2 aliphatic heterocycles. The molecule has 0 aromatic heterocycles. The minimum absolute atomic E-state index is 0.0722. The van der Waals surface area contributed by atoms with Gasteiger partial charge < -0.3 is 5.11 Å². The Morgan fingerprint density at radius 1 is 1.20 bits per heavy atom. The molecule has 2 saturated heterocycles. The zero-order chi connectivity index (χ0) is 22.0. The zero-order valence-corrected chi connectivity index (χ0v) is 20.5. The Morgan fingerprint density at radius 3 is 2.33 bits per heavy atom. The summed E-state index contributed by atoms with van der Waals surface area (Å²) in [7, 11) is -4.03. The van der Waals surface area contributed by atoms with Crippen molar-refractivity contribution in [1.82, 2.24) is 0 Å². The molecule has 0 radical (unpaired) electrons. The average molecular weight is 477 g/mol. The van der Waals surface area contributed by atoms with E-state index in [1.807, 2.05) is 20.8 Å². The van der Waals surface area contributed by atoms with Gasteiger partial charge in [-0.3, -0.25) is 9.47 Å². The fraction of sp³-hybridized carbons (Fsp3) is 0.714. The summed E-state index contributed by atoms with van der Waals surface area (Å²) >= 11 is 3.61. The summed E-state index contributed by atoms with van der Waals surface area (Å²) in [6, 6.07) is 6.48. The number of rotatable bonds is 9. The number of aliphatic hydroxyl groups is 1. The number of aryl methyl sites for hydroxylation is 1. The van der Waals surface area contributed by atoms with Gasteiger partial charge in [0.1, 0.15) is 0 Å². The standard InChI is InChI=1S/C21H32O6S3/c1-5-19(4,22)20(28-14-7-15-29-20)12-6-13-21(25-17(3)26-21)27-30(23,24)18-10-8-16(2)9-11-18/h8-11,17,22H,5-7,12-15H2,1-4H3. The van der Waals surface area contributed by atoms with Gasteiger partial charge in [-0.25, -0.2) is 4.18 Å². The number of hydrogen-bond acceptors (Lipinski definition) is 8. The predicted molar refractivity (Wildman–Crippen MR) is 121 cm³/mol. The van der Waals surface area contributed by atoms with Crippen LogP contribution in [0.15, 0.2) is 29.2 Å². The lowest BCUT2D eigenvalue weighted by Gasteiger charge is -2.48. The molecule has 170 valence electrons. The second-order valence-electron chi connectivity index (χ2n) is 8.12. The Labute approximate surface area is 188 Å². The molecule has 2 aliphatic rings. The largest absolute Gasteiger partial charge is 0.388 e. The van der Waals surface area contributed by atoms with Gasteiger partial charge in [0.05, 0.1) is 14.6 Å². The van der Waals surface area contributed by atoms with Gasteiger partial charge in [0.2, 0.25) is 0 Å². The molecule has 30 heavy (non-hydrogen) atoms. The van der Waals surface area contributed by atoms with Crippen LogP contribution in [0.4, 0.5) is 0 Å². The predicted octanol–water partition coefficient (Wildman–Crippen LogP) is 4.64. The van der Waals surface area contributed by atoms with E-state index in [4.69, 9.17) is 13.7 Å². The first-order valence-corrected chi connectivity index (χ1v) is 13.8. The molecule has 1 unspecified atom stereocenters. The van der Waals surface area contributed by atoms with Crippen molar-refractivity contribution in [2.45, 2.75) is 86.6 Å². The van der Waals surface area contributed by atoms with Gasteiger partial charge in [-0.15, -0.1) is 23.5 Å². The number of benzene rings is 1. The lowest BCUT2D eigenvalue weighted by atomic mass is 9.93. The average Bonchev–Trinajstić information content (AvgIpc) is 2.67. The molecule has 3 rings (SSSR count). The minimum atomic E-state index is -4.03. The van der Waals surface area contributed by atoms with E-state index in [1.165, 1.54) is 12.1 Å². The Balaban J connectivity index is 1.70. The molecule has 6 nitrogen and oxygen atoms in total. The summed E-state index contributed by atoms with van der Waals surface area (Å²) in [4.78, 5) is 0.0722. The van der Waals surface area contributed by atoms with Crippen LogP contribution >= 0.6 is 23.5 Å². The maximum Gasteiger partial charge on any atom is 0.302 e. The molecule has 2 heterocycles. The SMILES string of the molecule is CCC(C)(O)C1(CCCC2(OS(=O)(=O)c3ccc(C)cc3)OC(C)O2)SCCCS1. The van der Waals surface area contributed by atoms with E-state index >= 15 is 0 Å². The Bertz CT molecular complexity index is 810. The molecule has 1 aromatic carbocycles. The van der Waals surface area contributed by atoms with Crippen LogP contribution in [0.3, 0.4) is 0 Å². The Morgan fingerprint density at radius 2 is 1.80 bits per heavy atom. The van der Waals surface area contributed by atoms with E-state index in [9.17, 15) is 13.5 Å². The summed E-state index contributed by atoms with van der Waals surface area (Å²) < 4.78 is 41.9. The van der Waals surface area contributed by atoms with E-state index < -0.39 is 28.0 Å². The fourth-order valence-corrected chi connectivity index (χ4v) is 8.54. The molecule has 0 saturated carbocycles. The summed E-state index contributed by atoms with van der Waals surface area (Å²) in [6.07, 6.45) is 2.84. The summed E-state index contributed by atoms with van der Waals surface area (Å²) in [5, 5.41) is 11.1. The van der Waals surface area contributed by atoms with Crippen molar-refractivity contribution in [1.29, 1.82) is 0 Å². The van der Waals surface area contributed by atoms with Crippen molar-refractivity contribution in [3.05, 3.63) is 29.8 Å². The highest BCUT2D eigenvalue weighted by Crippen LogP contribution is 2.54. The second-order valence-corrected chi connectivity index (χ2v) is 12.7. The molecule has 0 bridgehead atoms. The van der Waals surface area contributed by atoms with Gasteiger partial charge in [0.15, 0.2) is 6.29 Å². The highest BCUT2D eigenvalue weighted by Gasteiger charge is 2.52. The molecule has 1 N–H and O–H groups in total. The molecule has 0 aliphatic carbocycles. The highest BCUT2D eigenvalue weighted by atomic mass is 32.2. The molecular formula is C21H32O6S3. The maximum atomic E-state index is 12.8. The van der Waals surface area contributed by atoms with Crippen LogP contribution in [0.25, 0.3) is 0 Å². The van der Waals surface area contributed by atoms with Crippen LogP contribution in [-0.4, -0.2) is 47.0 Å². The number of thioether (sulfide) groups is 2. The van der Waals surface area contributed by atoms with Crippen LogP contribution in [0, 0.1) is 6.92 Å². The van der Waals surface area contributed by atoms with E-state index in [2.05, 4.69) is 0 Å². The summed E-state index contributed by atoms with van der Waals surface area (Å²) in [6.45, 7) is 7.48. The molecule has 0 spiro atoms. The van der Waals surface area contributed by atoms with Crippen molar-refractivity contribution < 1.29 is 27.2 Å². The van der Waals surface area contributed by atoms with Crippen LogP contribution in [0.1, 0.15) is 58.4 Å². The molecule has 9 heteroatoms. The molecule has 1 atom stereocenters. The molecule has 0 amide bonds. The van der Waals surface area contributed by atoms with E-state index in [0.717, 1.165) is 23.5 Å².